The number of carbonyl (C=O) groups excluding carboxylic acids is 1. The van der Waals surface area contributed by atoms with Crippen molar-refractivity contribution in [3.63, 3.8) is 0 Å². The molecule has 1 aliphatic carbocycles. The molecule has 138 valence electrons. The molecule has 0 saturated carbocycles. The maximum Gasteiger partial charge on any atom is 0.327 e. The van der Waals surface area contributed by atoms with Gasteiger partial charge in [0.25, 0.3) is 0 Å². The molecule has 0 unspecified atom stereocenters. The molecule has 0 atom stereocenters. The molecular formula is C22H23N3O2. The zero-order chi connectivity index (χ0) is 18.7. The number of carbonyl (C=O) groups is 1. The molecule has 0 spiro atoms. The van der Waals surface area contributed by atoms with Crippen LogP contribution in [0.1, 0.15) is 23.6 Å². The Morgan fingerprint density at radius 1 is 1.15 bits per heavy atom. The van der Waals surface area contributed by atoms with E-state index in [1.54, 1.807) is 12.5 Å². The van der Waals surface area contributed by atoms with Gasteiger partial charge in [0.05, 0.1) is 12.9 Å². The summed E-state index contributed by atoms with van der Waals surface area (Å²) >= 11 is 0. The summed E-state index contributed by atoms with van der Waals surface area (Å²) in [4.78, 5) is 16.8. The van der Waals surface area contributed by atoms with Crippen LogP contribution in [0.5, 0.6) is 0 Å². The van der Waals surface area contributed by atoms with Gasteiger partial charge in [0.15, 0.2) is 0 Å². The van der Waals surface area contributed by atoms with Crippen LogP contribution in [-0.2, 0) is 28.9 Å². The molecule has 0 fully saturated rings. The van der Waals surface area contributed by atoms with Gasteiger partial charge in [0.1, 0.15) is 5.54 Å². The summed E-state index contributed by atoms with van der Waals surface area (Å²) in [6, 6.07) is 16.5. The smallest absolute Gasteiger partial charge is 0.327 e. The van der Waals surface area contributed by atoms with Crippen LogP contribution in [-0.4, -0.2) is 27.7 Å². The van der Waals surface area contributed by atoms with Crippen molar-refractivity contribution in [3.05, 3.63) is 83.9 Å². The maximum atomic E-state index is 12.8. The third kappa shape index (κ3) is 3.51. The molecule has 0 amide bonds. The van der Waals surface area contributed by atoms with Crippen molar-refractivity contribution in [1.82, 2.24) is 14.9 Å². The number of nitrogens with one attached hydrogen (secondary N) is 1. The molecule has 2 aromatic carbocycles. The van der Waals surface area contributed by atoms with E-state index in [9.17, 15) is 4.79 Å². The van der Waals surface area contributed by atoms with Gasteiger partial charge < -0.3 is 9.30 Å². The zero-order valence-electron chi connectivity index (χ0n) is 15.4. The van der Waals surface area contributed by atoms with E-state index < -0.39 is 5.54 Å². The van der Waals surface area contributed by atoms with Crippen molar-refractivity contribution < 1.29 is 9.53 Å². The summed E-state index contributed by atoms with van der Waals surface area (Å²) < 4.78 is 7.37. The summed E-state index contributed by atoms with van der Waals surface area (Å²) in [5, 5.41) is 3.50. The second-order valence-corrected chi connectivity index (χ2v) is 6.91. The molecule has 1 heterocycles. The normalized spacial score (nSPS) is 14.7. The van der Waals surface area contributed by atoms with Crippen molar-refractivity contribution >= 4 is 5.97 Å². The standard InChI is InChI=1S/C22H23N3O2/c1-2-27-21(26)22(13-18-5-3-4-6-19(18)14-22)24-15-17-7-9-20(10-8-17)25-12-11-23-16-25/h3-12,16,24H,2,13-15H2,1H3. The van der Waals surface area contributed by atoms with Gasteiger partial charge in [-0.1, -0.05) is 36.4 Å². The average molecular weight is 361 g/mol. The molecule has 1 aliphatic rings. The van der Waals surface area contributed by atoms with Gasteiger partial charge in [-0.15, -0.1) is 0 Å². The van der Waals surface area contributed by atoms with Crippen molar-refractivity contribution in [3.8, 4) is 5.69 Å². The molecule has 0 bridgehead atoms. The van der Waals surface area contributed by atoms with Crippen molar-refractivity contribution in [1.29, 1.82) is 0 Å². The Kier molecular flexibility index (Phi) is 4.77. The minimum Gasteiger partial charge on any atom is -0.465 e. The van der Waals surface area contributed by atoms with Crippen molar-refractivity contribution in [2.24, 2.45) is 0 Å². The minimum absolute atomic E-state index is 0.170. The van der Waals surface area contributed by atoms with E-state index in [4.69, 9.17) is 4.74 Å². The van der Waals surface area contributed by atoms with Gasteiger partial charge in [-0.05, 0) is 35.7 Å². The minimum atomic E-state index is -0.692. The van der Waals surface area contributed by atoms with Crippen LogP contribution in [0.4, 0.5) is 0 Å². The maximum absolute atomic E-state index is 12.8. The van der Waals surface area contributed by atoms with Crippen LogP contribution in [0.15, 0.2) is 67.3 Å². The number of aromatic nitrogens is 2. The summed E-state index contributed by atoms with van der Waals surface area (Å²) in [5.41, 5.74) is 3.92. The monoisotopic (exact) mass is 361 g/mol. The van der Waals surface area contributed by atoms with Gasteiger partial charge in [0.2, 0.25) is 0 Å². The van der Waals surface area contributed by atoms with Crippen LogP contribution >= 0.6 is 0 Å². The fourth-order valence-electron chi connectivity index (χ4n) is 3.69. The molecule has 5 nitrogen and oxygen atoms in total. The topological polar surface area (TPSA) is 56.1 Å². The number of rotatable bonds is 6. The number of fused-ring (bicyclic) bond motifs is 1. The molecule has 27 heavy (non-hydrogen) atoms. The first-order valence-electron chi connectivity index (χ1n) is 9.26. The van der Waals surface area contributed by atoms with E-state index in [1.165, 1.54) is 11.1 Å². The van der Waals surface area contributed by atoms with E-state index in [0.717, 1.165) is 11.3 Å². The molecule has 1 N–H and O–H groups in total. The lowest BCUT2D eigenvalue weighted by molar-refractivity contribution is -0.151. The van der Waals surface area contributed by atoms with Gasteiger partial charge in [0, 0.05) is 37.5 Å². The molecule has 5 heteroatoms. The van der Waals surface area contributed by atoms with Crippen molar-refractivity contribution in [2.45, 2.75) is 31.8 Å². The lowest BCUT2D eigenvalue weighted by atomic mass is 9.95. The number of nitrogens with zero attached hydrogens (tertiary/aromatic N) is 2. The number of benzene rings is 2. The first kappa shape index (κ1) is 17.5. The van der Waals surface area contributed by atoms with Gasteiger partial charge in [-0.3, -0.25) is 10.1 Å². The SMILES string of the molecule is CCOC(=O)C1(NCc2ccc(-n3ccnc3)cc2)Cc2ccccc2C1. The Morgan fingerprint density at radius 2 is 1.85 bits per heavy atom. The average Bonchev–Trinajstić information content (AvgIpc) is 3.35. The highest BCUT2D eigenvalue weighted by Gasteiger charge is 2.44. The molecular weight excluding hydrogens is 338 g/mol. The largest absolute Gasteiger partial charge is 0.465 e. The summed E-state index contributed by atoms with van der Waals surface area (Å²) in [5.74, 6) is -0.170. The van der Waals surface area contributed by atoms with E-state index in [-0.39, 0.29) is 5.97 Å². The Hall–Kier alpha value is -2.92. The first-order valence-corrected chi connectivity index (χ1v) is 9.26. The van der Waals surface area contributed by atoms with Crippen molar-refractivity contribution in [2.75, 3.05) is 6.61 Å². The molecule has 0 radical (unpaired) electrons. The lowest BCUT2D eigenvalue weighted by Gasteiger charge is -2.28. The molecule has 1 aromatic heterocycles. The van der Waals surface area contributed by atoms with Crippen LogP contribution < -0.4 is 5.32 Å². The Balaban J connectivity index is 1.50. The van der Waals surface area contributed by atoms with Crippen LogP contribution in [0.2, 0.25) is 0 Å². The molecule has 4 rings (SSSR count). The first-order chi connectivity index (χ1) is 13.2. The van der Waals surface area contributed by atoms with Gasteiger partial charge in [-0.25, -0.2) is 4.98 Å². The van der Waals surface area contributed by atoms with E-state index in [2.05, 4.69) is 46.7 Å². The highest BCUT2D eigenvalue weighted by atomic mass is 16.5. The van der Waals surface area contributed by atoms with Crippen LogP contribution in [0.3, 0.4) is 0 Å². The Labute approximate surface area is 159 Å². The molecule has 3 aromatic rings. The third-order valence-corrected chi connectivity index (χ3v) is 5.14. The van der Waals surface area contributed by atoms with Crippen LogP contribution in [0, 0.1) is 0 Å². The summed E-state index contributed by atoms with van der Waals surface area (Å²) in [7, 11) is 0. The second kappa shape index (κ2) is 7.37. The molecule has 0 aliphatic heterocycles. The predicted molar refractivity (Wildman–Crippen MR) is 104 cm³/mol. The predicted octanol–water partition coefficient (Wildman–Crippen LogP) is 3.06. The number of esters is 1. The van der Waals surface area contributed by atoms with E-state index >= 15 is 0 Å². The zero-order valence-corrected chi connectivity index (χ0v) is 15.4. The number of hydrogen-bond donors (Lipinski definition) is 1. The number of hydrogen-bond acceptors (Lipinski definition) is 4. The lowest BCUT2D eigenvalue weighted by Crippen LogP contribution is -2.53. The Bertz CT molecular complexity index is 892. The van der Waals surface area contributed by atoms with E-state index in [0.29, 0.717) is 26.0 Å². The van der Waals surface area contributed by atoms with E-state index in [1.807, 2.05) is 29.8 Å². The summed E-state index contributed by atoms with van der Waals surface area (Å²) in [6.07, 6.45) is 6.78. The van der Waals surface area contributed by atoms with Gasteiger partial charge in [-0.2, -0.15) is 0 Å². The fourth-order valence-corrected chi connectivity index (χ4v) is 3.69. The summed E-state index contributed by atoms with van der Waals surface area (Å²) in [6.45, 7) is 2.84. The van der Waals surface area contributed by atoms with Crippen LogP contribution in [0.25, 0.3) is 5.69 Å². The number of imidazole rings is 1. The number of ether oxygens (including phenoxy) is 1. The fraction of sp³-hybridized carbons (Fsp3) is 0.273. The van der Waals surface area contributed by atoms with Gasteiger partial charge >= 0.3 is 5.97 Å². The highest BCUT2D eigenvalue weighted by molar-refractivity contribution is 5.83. The Morgan fingerprint density at radius 3 is 2.44 bits per heavy atom. The highest BCUT2D eigenvalue weighted by Crippen LogP contribution is 2.31. The molecule has 0 saturated heterocycles. The quantitative estimate of drug-likeness (QED) is 0.686. The second-order valence-electron chi connectivity index (χ2n) is 6.91. The third-order valence-electron chi connectivity index (χ3n) is 5.14.